The first-order chi connectivity index (χ1) is 21.9. The molecule has 0 spiro atoms. The van der Waals surface area contributed by atoms with Crippen molar-refractivity contribution in [1.29, 1.82) is 0 Å². The first-order valence-electron chi connectivity index (χ1n) is 19.2. The Bertz CT molecular complexity index is 757. The minimum absolute atomic E-state index is 0. The summed E-state index contributed by atoms with van der Waals surface area (Å²) in [5.74, 6) is -0.792. The molecule has 0 heterocycles. The van der Waals surface area contributed by atoms with Crippen LogP contribution in [-0.4, -0.2) is 59.9 Å². The third-order valence-corrected chi connectivity index (χ3v) is 10.2. The summed E-state index contributed by atoms with van der Waals surface area (Å²) < 4.78 is 61.1. The van der Waals surface area contributed by atoms with Gasteiger partial charge in [-0.2, -0.15) is 8.42 Å². The molecule has 8 nitrogen and oxygen atoms in total. The maximum absolute atomic E-state index is 10.6. The van der Waals surface area contributed by atoms with Crippen LogP contribution in [0.4, 0.5) is 0 Å². The predicted octanol–water partition coefficient (Wildman–Crippen LogP) is 6.87. The topological polar surface area (TPSA) is 152 Å². The fourth-order valence-corrected chi connectivity index (χ4v) is 6.78. The van der Waals surface area contributed by atoms with Gasteiger partial charge in [-0.15, -0.1) is 0 Å². The fourth-order valence-electron chi connectivity index (χ4n) is 5.65. The molecule has 0 aliphatic carbocycles. The molecule has 0 aromatic heterocycles. The van der Waals surface area contributed by atoms with E-state index in [0.29, 0.717) is 12.8 Å². The molecule has 0 aliphatic heterocycles. The van der Waals surface area contributed by atoms with Crippen LogP contribution in [0.15, 0.2) is 0 Å². The van der Waals surface area contributed by atoms with Gasteiger partial charge in [0.05, 0.1) is 28.1 Å². The van der Waals surface area contributed by atoms with E-state index in [1.807, 2.05) is 0 Å². The Morgan fingerprint density at radius 3 is 0.894 bits per heavy atom. The van der Waals surface area contributed by atoms with Crippen molar-refractivity contribution in [3.8, 4) is 0 Å². The second-order valence-electron chi connectivity index (χ2n) is 13.5. The molecular formula is C36H75NaO8S2. The van der Waals surface area contributed by atoms with Crippen LogP contribution in [0.2, 0.25) is 0 Å². The Labute approximate surface area is 314 Å². The standard InChI is InChI=1S/2C18H38O4S.Na/c2*1-2-3-4-5-6-7-8-9-10-11-12-13-14-15-18(19)16-17-23(20,21)22;/h2*18-19H,2-17H2,1H3,(H,20,21,22);/q;;+1/p-1. The van der Waals surface area contributed by atoms with E-state index in [2.05, 4.69) is 13.8 Å². The zero-order valence-electron chi connectivity index (χ0n) is 31.0. The summed E-state index contributed by atoms with van der Waals surface area (Å²) in [7, 11) is -8.12. The van der Waals surface area contributed by atoms with E-state index in [-0.39, 0.29) is 48.2 Å². The molecule has 11 heteroatoms. The fraction of sp³-hybridized carbons (Fsp3) is 1.00. The van der Waals surface area contributed by atoms with Gasteiger partial charge in [0.25, 0.3) is 10.1 Å². The average Bonchev–Trinajstić information content (AvgIpc) is 2.99. The molecule has 0 radical (unpaired) electrons. The molecule has 0 amide bonds. The zero-order valence-corrected chi connectivity index (χ0v) is 34.6. The van der Waals surface area contributed by atoms with Crippen LogP contribution in [0.3, 0.4) is 0 Å². The summed E-state index contributed by atoms with van der Waals surface area (Å²) in [6, 6.07) is 0. The molecule has 0 rings (SSSR count). The van der Waals surface area contributed by atoms with E-state index in [1.165, 1.54) is 141 Å². The molecule has 0 aromatic carbocycles. The van der Waals surface area contributed by atoms with Crippen LogP contribution in [0.5, 0.6) is 0 Å². The van der Waals surface area contributed by atoms with Crippen LogP contribution in [-0.2, 0) is 20.2 Å². The molecule has 0 aliphatic rings. The van der Waals surface area contributed by atoms with Gasteiger partial charge in [0, 0.05) is 5.75 Å². The summed E-state index contributed by atoms with van der Waals surface area (Å²) in [6.07, 6.45) is 33.6. The molecule has 0 saturated heterocycles. The number of hydrogen-bond acceptors (Lipinski definition) is 7. The van der Waals surface area contributed by atoms with E-state index in [0.717, 1.165) is 25.7 Å². The number of rotatable bonds is 34. The monoisotopic (exact) mass is 722 g/mol. The first kappa shape index (κ1) is 52.1. The van der Waals surface area contributed by atoms with Gasteiger partial charge >= 0.3 is 29.6 Å². The second kappa shape index (κ2) is 38.0. The van der Waals surface area contributed by atoms with Crippen molar-refractivity contribution in [3.05, 3.63) is 0 Å². The van der Waals surface area contributed by atoms with Crippen molar-refractivity contribution >= 4 is 20.2 Å². The normalized spacial score (nSPS) is 13.1. The van der Waals surface area contributed by atoms with E-state index >= 15 is 0 Å². The molecule has 3 N–H and O–H groups in total. The van der Waals surface area contributed by atoms with Crippen LogP contribution in [0.25, 0.3) is 0 Å². The number of unbranched alkanes of at least 4 members (excludes halogenated alkanes) is 24. The largest absolute Gasteiger partial charge is 1.00 e. The SMILES string of the molecule is CCCCCCCCCCCCCCCC(O)CCS(=O)(=O)O.CCCCCCCCCCCCCCCC(O)CCS(=O)(=O)[O-].[Na+]. The first-order valence-corrected chi connectivity index (χ1v) is 22.3. The maximum atomic E-state index is 10.6. The third-order valence-electron chi connectivity index (χ3n) is 8.69. The Hall–Kier alpha value is 0.740. The van der Waals surface area contributed by atoms with Crippen molar-refractivity contribution in [2.75, 3.05) is 11.5 Å². The zero-order chi connectivity index (χ0) is 34.8. The molecule has 47 heavy (non-hydrogen) atoms. The van der Waals surface area contributed by atoms with Crippen LogP contribution < -0.4 is 29.6 Å². The molecule has 0 aromatic rings. The van der Waals surface area contributed by atoms with Crippen molar-refractivity contribution < 1.29 is 65.7 Å². The van der Waals surface area contributed by atoms with E-state index in [9.17, 15) is 31.6 Å². The van der Waals surface area contributed by atoms with Gasteiger partial charge in [-0.05, 0) is 25.7 Å². The van der Waals surface area contributed by atoms with Gasteiger partial charge in [-0.1, -0.05) is 181 Å². The minimum atomic E-state index is -4.19. The third kappa shape index (κ3) is 51.2. The maximum Gasteiger partial charge on any atom is 1.00 e. The summed E-state index contributed by atoms with van der Waals surface area (Å²) in [4.78, 5) is 0. The molecule has 0 bridgehead atoms. The molecule has 280 valence electrons. The van der Waals surface area contributed by atoms with Crippen molar-refractivity contribution in [1.82, 2.24) is 0 Å². The summed E-state index contributed by atoms with van der Waals surface area (Å²) >= 11 is 0. The van der Waals surface area contributed by atoms with Crippen LogP contribution in [0, 0.1) is 0 Å². The van der Waals surface area contributed by atoms with Crippen molar-refractivity contribution in [2.45, 2.75) is 219 Å². The number of aliphatic hydroxyl groups is 2. The van der Waals surface area contributed by atoms with Gasteiger partial charge in [0.15, 0.2) is 0 Å². The van der Waals surface area contributed by atoms with E-state index in [1.54, 1.807) is 0 Å². The van der Waals surface area contributed by atoms with E-state index < -0.39 is 38.2 Å². The molecule has 2 atom stereocenters. The van der Waals surface area contributed by atoms with Crippen LogP contribution >= 0.6 is 0 Å². The second-order valence-corrected chi connectivity index (χ2v) is 16.6. The minimum Gasteiger partial charge on any atom is -0.748 e. The summed E-state index contributed by atoms with van der Waals surface area (Å²) in [6.45, 7) is 4.50. The number of aliphatic hydroxyl groups excluding tert-OH is 2. The van der Waals surface area contributed by atoms with Gasteiger partial charge in [-0.3, -0.25) is 4.55 Å². The average molecular weight is 723 g/mol. The van der Waals surface area contributed by atoms with Gasteiger partial charge < -0.3 is 14.8 Å². The molecule has 0 saturated carbocycles. The Kier molecular flexibility index (Phi) is 42.1. The van der Waals surface area contributed by atoms with E-state index in [4.69, 9.17) is 4.55 Å². The van der Waals surface area contributed by atoms with Crippen molar-refractivity contribution in [2.24, 2.45) is 0 Å². The van der Waals surface area contributed by atoms with Gasteiger partial charge in [0.1, 0.15) is 0 Å². The van der Waals surface area contributed by atoms with Crippen LogP contribution in [0.1, 0.15) is 206 Å². The number of hydrogen-bond donors (Lipinski definition) is 3. The summed E-state index contributed by atoms with van der Waals surface area (Å²) in [5, 5.41) is 19.2. The molecule has 2 unspecified atom stereocenters. The van der Waals surface area contributed by atoms with Crippen molar-refractivity contribution in [3.63, 3.8) is 0 Å². The summed E-state index contributed by atoms with van der Waals surface area (Å²) in [5.41, 5.74) is 0. The molecule has 0 fully saturated rings. The van der Waals surface area contributed by atoms with Gasteiger partial charge in [-0.25, -0.2) is 8.42 Å². The Morgan fingerprint density at radius 1 is 0.426 bits per heavy atom. The molecular weight excluding hydrogens is 648 g/mol. The smallest absolute Gasteiger partial charge is 0.748 e. The van der Waals surface area contributed by atoms with Gasteiger partial charge in [0.2, 0.25) is 0 Å². The quantitative estimate of drug-likeness (QED) is 0.0370. The Morgan fingerprint density at radius 2 is 0.660 bits per heavy atom. The predicted molar refractivity (Wildman–Crippen MR) is 193 cm³/mol. The Balaban J connectivity index is -0.000000807.